The minimum atomic E-state index is -0.410. The number of allylic oxidation sites excluding steroid dienone is 2. The zero-order valence-electron chi connectivity index (χ0n) is 19.9. The number of carbonyl (C=O) groups excluding carboxylic acids is 2. The van der Waals surface area contributed by atoms with Crippen molar-refractivity contribution < 1.29 is 14.5 Å². The molecule has 2 aliphatic heterocycles. The molecule has 0 unspecified atom stereocenters. The highest BCUT2D eigenvalue weighted by atomic mass is 16.6. The van der Waals surface area contributed by atoms with E-state index < -0.39 is 4.92 Å². The van der Waals surface area contributed by atoms with E-state index in [4.69, 9.17) is 0 Å². The van der Waals surface area contributed by atoms with Gasteiger partial charge in [-0.1, -0.05) is 24.3 Å². The Morgan fingerprint density at radius 1 is 0.857 bits per heavy atom. The number of benzene rings is 2. The smallest absolute Gasteiger partial charge is 0.294 e. The van der Waals surface area contributed by atoms with Gasteiger partial charge in [0.2, 0.25) is 11.8 Å². The quantitative estimate of drug-likeness (QED) is 0.291. The summed E-state index contributed by atoms with van der Waals surface area (Å²) in [6, 6.07) is 11.1. The predicted molar refractivity (Wildman–Crippen MR) is 134 cm³/mol. The first-order chi connectivity index (χ1) is 16.8. The minimum absolute atomic E-state index is 0.0681. The lowest BCUT2D eigenvalue weighted by atomic mass is 9.85. The summed E-state index contributed by atoms with van der Waals surface area (Å²) in [5.74, 6) is -0.881. The molecule has 2 saturated heterocycles. The van der Waals surface area contributed by atoms with E-state index in [0.29, 0.717) is 24.5 Å². The van der Waals surface area contributed by atoms with Gasteiger partial charge in [-0.25, -0.2) is 4.90 Å². The van der Waals surface area contributed by atoms with Crippen molar-refractivity contribution in [3.05, 3.63) is 69.8 Å². The van der Waals surface area contributed by atoms with Crippen LogP contribution in [0.1, 0.15) is 17.5 Å². The number of rotatable bonds is 4. The lowest BCUT2D eigenvalue weighted by molar-refractivity contribution is -0.384. The summed E-state index contributed by atoms with van der Waals surface area (Å²) in [6.07, 6.45) is 4.95. The van der Waals surface area contributed by atoms with Crippen LogP contribution >= 0.6 is 0 Å². The topological polar surface area (TPSA) is 87.0 Å². The van der Waals surface area contributed by atoms with E-state index >= 15 is 0 Å². The highest BCUT2D eigenvalue weighted by Crippen LogP contribution is 2.53. The van der Waals surface area contributed by atoms with Gasteiger partial charge in [-0.3, -0.25) is 19.7 Å². The second kappa shape index (κ2) is 7.93. The van der Waals surface area contributed by atoms with Gasteiger partial charge in [-0.2, -0.15) is 0 Å². The van der Waals surface area contributed by atoms with E-state index in [-0.39, 0.29) is 41.2 Å². The van der Waals surface area contributed by atoms with E-state index in [1.807, 2.05) is 17.1 Å². The fourth-order valence-electron chi connectivity index (χ4n) is 6.49. The molecule has 2 bridgehead atoms. The number of imide groups is 1. The SMILES string of the molecule is Cc1cccc(N2CCN(c3ccc(N4C(=O)[C@@H]5[C@@H](C4=O)[C@H]4C=C[C@H]5C4)cc3[N+](=O)[O-])CC2)c1C. The Labute approximate surface area is 204 Å². The third-order valence-electron chi connectivity index (χ3n) is 8.42. The number of nitro benzene ring substituents is 1. The molecule has 2 aliphatic carbocycles. The molecule has 3 fully saturated rings. The van der Waals surface area contributed by atoms with Crippen molar-refractivity contribution in [1.29, 1.82) is 0 Å². The maximum atomic E-state index is 13.2. The monoisotopic (exact) mass is 472 g/mol. The first-order valence-electron chi connectivity index (χ1n) is 12.3. The molecule has 0 radical (unpaired) electrons. The lowest BCUT2D eigenvalue weighted by Gasteiger charge is -2.38. The normalized spacial score (nSPS) is 27.2. The fourth-order valence-corrected chi connectivity index (χ4v) is 6.49. The van der Waals surface area contributed by atoms with Crippen LogP contribution in [0.4, 0.5) is 22.7 Å². The average molecular weight is 473 g/mol. The van der Waals surface area contributed by atoms with Crippen LogP contribution in [-0.4, -0.2) is 42.9 Å². The van der Waals surface area contributed by atoms with Gasteiger partial charge in [0.15, 0.2) is 0 Å². The van der Waals surface area contributed by atoms with Gasteiger partial charge in [-0.15, -0.1) is 0 Å². The second-order valence-electron chi connectivity index (χ2n) is 10.1. The summed E-state index contributed by atoms with van der Waals surface area (Å²) in [6.45, 7) is 7.03. The molecule has 6 rings (SSSR count). The number of fused-ring (bicyclic) bond motifs is 5. The van der Waals surface area contributed by atoms with Gasteiger partial charge < -0.3 is 9.80 Å². The zero-order valence-corrected chi connectivity index (χ0v) is 19.9. The summed E-state index contributed by atoms with van der Waals surface area (Å²) in [5.41, 5.74) is 4.47. The summed E-state index contributed by atoms with van der Waals surface area (Å²) in [7, 11) is 0. The van der Waals surface area contributed by atoms with Crippen LogP contribution in [0.25, 0.3) is 0 Å². The fraction of sp³-hybridized carbons (Fsp3) is 0.407. The number of anilines is 3. The van der Waals surface area contributed by atoms with E-state index in [1.165, 1.54) is 27.8 Å². The predicted octanol–water partition coefficient (Wildman–Crippen LogP) is 3.85. The van der Waals surface area contributed by atoms with Crippen molar-refractivity contribution in [2.75, 3.05) is 40.9 Å². The molecular weight excluding hydrogens is 444 g/mol. The zero-order chi connectivity index (χ0) is 24.4. The summed E-state index contributed by atoms with van der Waals surface area (Å²) >= 11 is 0. The lowest BCUT2D eigenvalue weighted by Crippen LogP contribution is -2.47. The molecule has 4 aliphatic rings. The Morgan fingerprint density at radius 3 is 2.06 bits per heavy atom. The molecule has 2 aromatic rings. The van der Waals surface area contributed by atoms with E-state index in [9.17, 15) is 19.7 Å². The molecule has 2 aromatic carbocycles. The number of piperazine rings is 1. The Kier molecular flexibility index (Phi) is 4.95. The molecule has 180 valence electrons. The second-order valence-corrected chi connectivity index (χ2v) is 10.1. The molecule has 8 heteroatoms. The Bertz CT molecular complexity index is 1250. The van der Waals surface area contributed by atoms with Crippen LogP contribution in [-0.2, 0) is 9.59 Å². The van der Waals surface area contributed by atoms with Crippen LogP contribution in [0.15, 0.2) is 48.6 Å². The van der Waals surface area contributed by atoms with Gasteiger partial charge >= 0.3 is 0 Å². The number of hydrogen-bond donors (Lipinski definition) is 0. The largest absolute Gasteiger partial charge is 0.368 e. The molecule has 0 aromatic heterocycles. The van der Waals surface area contributed by atoms with Gasteiger partial charge in [0, 0.05) is 37.9 Å². The third kappa shape index (κ3) is 3.26. The van der Waals surface area contributed by atoms with Crippen molar-refractivity contribution in [3.8, 4) is 0 Å². The van der Waals surface area contributed by atoms with Crippen LogP contribution in [0, 0.1) is 47.6 Å². The van der Waals surface area contributed by atoms with Crippen molar-refractivity contribution in [2.45, 2.75) is 20.3 Å². The van der Waals surface area contributed by atoms with Gasteiger partial charge in [0.1, 0.15) is 5.69 Å². The van der Waals surface area contributed by atoms with Crippen molar-refractivity contribution in [2.24, 2.45) is 23.7 Å². The van der Waals surface area contributed by atoms with Gasteiger partial charge in [-0.05, 0) is 61.4 Å². The summed E-state index contributed by atoms with van der Waals surface area (Å²) < 4.78 is 0. The number of amides is 2. The van der Waals surface area contributed by atoms with Crippen molar-refractivity contribution in [3.63, 3.8) is 0 Å². The molecular formula is C27H28N4O4. The molecule has 0 N–H and O–H groups in total. The summed E-state index contributed by atoms with van der Waals surface area (Å²) in [5, 5.41) is 12.0. The number of aryl methyl sites for hydroxylation is 1. The molecule has 4 atom stereocenters. The Balaban J connectivity index is 1.24. The van der Waals surface area contributed by atoms with Crippen LogP contribution < -0.4 is 14.7 Å². The molecule has 2 amide bonds. The molecule has 0 spiro atoms. The van der Waals surface area contributed by atoms with Crippen molar-refractivity contribution in [1.82, 2.24) is 0 Å². The number of nitrogens with zero attached hydrogens (tertiary/aromatic N) is 4. The van der Waals surface area contributed by atoms with Crippen molar-refractivity contribution >= 4 is 34.6 Å². The number of nitro groups is 1. The van der Waals surface area contributed by atoms with Gasteiger partial charge in [0.25, 0.3) is 5.69 Å². The van der Waals surface area contributed by atoms with E-state index in [2.05, 4.69) is 36.9 Å². The molecule has 1 saturated carbocycles. The maximum absolute atomic E-state index is 13.2. The third-order valence-corrected chi connectivity index (χ3v) is 8.42. The van der Waals surface area contributed by atoms with Crippen LogP contribution in [0.3, 0.4) is 0 Å². The molecule has 35 heavy (non-hydrogen) atoms. The van der Waals surface area contributed by atoms with Crippen LogP contribution in [0.5, 0.6) is 0 Å². The van der Waals surface area contributed by atoms with E-state index in [0.717, 1.165) is 19.5 Å². The average Bonchev–Trinajstić information content (AvgIpc) is 3.54. The highest BCUT2D eigenvalue weighted by molar-refractivity contribution is 6.23. The minimum Gasteiger partial charge on any atom is -0.368 e. The molecule has 2 heterocycles. The number of hydrogen-bond acceptors (Lipinski definition) is 6. The summed E-state index contributed by atoms with van der Waals surface area (Å²) in [4.78, 5) is 43.5. The molecule has 8 nitrogen and oxygen atoms in total. The standard InChI is InChI=1S/C27H28N4O4/c1-16-4-3-5-21(17(16)2)28-10-12-29(13-11-28)22-9-8-20(15-23(22)31(34)35)30-26(32)24-18-6-7-19(14-18)25(24)27(30)33/h3-9,15,18-19,24-25H,10-14H2,1-2H3/t18-,19-,24-,25-/m0/s1. The number of carbonyl (C=O) groups is 2. The Hall–Kier alpha value is -3.68. The highest BCUT2D eigenvalue weighted by Gasteiger charge is 2.59. The first kappa shape index (κ1) is 21.8. The van der Waals surface area contributed by atoms with Crippen LogP contribution in [0.2, 0.25) is 0 Å². The first-order valence-corrected chi connectivity index (χ1v) is 12.3. The van der Waals surface area contributed by atoms with Gasteiger partial charge in [0.05, 0.1) is 22.4 Å². The Morgan fingerprint density at radius 2 is 1.46 bits per heavy atom. The van der Waals surface area contributed by atoms with E-state index in [1.54, 1.807) is 12.1 Å². The maximum Gasteiger partial charge on any atom is 0.294 e.